The number of fused-ring (bicyclic) bond motifs is 2. The van der Waals surface area contributed by atoms with Crippen LogP contribution < -0.4 is 19.5 Å². The Morgan fingerprint density at radius 1 is 1.02 bits per heavy atom. The normalized spacial score (nSPS) is 20.2. The van der Waals surface area contributed by atoms with Crippen molar-refractivity contribution in [3.63, 3.8) is 0 Å². The number of ether oxygens (including phenoxy) is 4. The number of rotatable bonds is 8. The summed E-state index contributed by atoms with van der Waals surface area (Å²) in [4.78, 5) is 14.8. The van der Waals surface area contributed by atoms with E-state index in [1.54, 1.807) is 47.2 Å². The van der Waals surface area contributed by atoms with Gasteiger partial charge in [-0.05, 0) is 49.9 Å². The number of hydrogen-bond acceptors (Lipinski definition) is 11. The molecule has 0 amide bonds. The molecule has 0 unspecified atom stereocenters. The third kappa shape index (κ3) is 5.65. The summed E-state index contributed by atoms with van der Waals surface area (Å²) in [6.07, 6.45) is 3.83. The van der Waals surface area contributed by atoms with Crippen LogP contribution in [0.25, 0.3) is 16.6 Å². The predicted molar refractivity (Wildman–Crippen MR) is 156 cm³/mol. The highest BCUT2D eigenvalue weighted by Gasteiger charge is 2.46. The molecule has 0 spiro atoms. The highest BCUT2D eigenvalue weighted by Crippen LogP contribution is 2.43. The van der Waals surface area contributed by atoms with Gasteiger partial charge in [0.05, 0.1) is 30.7 Å². The lowest BCUT2D eigenvalue weighted by molar-refractivity contribution is -0.135. The van der Waals surface area contributed by atoms with Crippen LogP contribution in [0.3, 0.4) is 0 Å². The van der Waals surface area contributed by atoms with E-state index < -0.39 is 18.6 Å². The lowest BCUT2D eigenvalue weighted by Gasteiger charge is -2.36. The molecule has 2 atom stereocenters. The summed E-state index contributed by atoms with van der Waals surface area (Å²) in [6, 6.07) is 10.7. The molecule has 0 saturated carbocycles. The Labute approximate surface area is 251 Å². The summed E-state index contributed by atoms with van der Waals surface area (Å²) in [5.74, 6) is -1.17. The molecule has 5 heterocycles. The lowest BCUT2D eigenvalue weighted by Crippen LogP contribution is -2.52. The number of benzene rings is 2. The van der Waals surface area contributed by atoms with E-state index >= 15 is 8.78 Å². The van der Waals surface area contributed by atoms with Crippen LogP contribution in [-0.4, -0.2) is 85.9 Å². The van der Waals surface area contributed by atoms with Crippen LogP contribution in [0.5, 0.6) is 23.1 Å². The standard InChI is InChI=1S/C30H30F2N8O4/c1-18-11-19(3-5-22(18)43-26-12-25-38-36-17-40(25)16-35-26)37-29-27-21(33-15-34-29)4-6-23(42-20-8-10-41-13-20)28(27)44-24-7-9-39(2)14-30(24,31)32/h3-6,11-12,15-17,20,24H,7-10,13-14H2,1-2H3,(H,33,34,37)/t20-,24+/m0/s1. The highest BCUT2D eigenvalue weighted by molar-refractivity contribution is 5.97. The molecule has 0 aliphatic carbocycles. The third-order valence-electron chi connectivity index (χ3n) is 7.70. The van der Waals surface area contributed by atoms with Gasteiger partial charge in [-0.1, -0.05) is 0 Å². The molecular weight excluding hydrogens is 574 g/mol. The van der Waals surface area contributed by atoms with Crippen LogP contribution in [0.4, 0.5) is 20.3 Å². The Hall–Kier alpha value is -4.69. The van der Waals surface area contributed by atoms with Gasteiger partial charge in [0, 0.05) is 31.1 Å². The van der Waals surface area contributed by atoms with E-state index in [-0.39, 0.29) is 18.3 Å². The number of likely N-dealkylation sites (tertiary alicyclic amines) is 1. The van der Waals surface area contributed by atoms with E-state index in [9.17, 15) is 0 Å². The summed E-state index contributed by atoms with van der Waals surface area (Å²) in [5, 5.41) is 11.7. The van der Waals surface area contributed by atoms with E-state index in [0.29, 0.717) is 71.6 Å². The minimum Gasteiger partial charge on any atom is -0.484 e. The molecule has 2 aliphatic rings. The van der Waals surface area contributed by atoms with Gasteiger partial charge in [0.1, 0.15) is 36.7 Å². The molecule has 0 bridgehead atoms. The predicted octanol–water partition coefficient (Wildman–Crippen LogP) is 4.80. The Morgan fingerprint density at radius 3 is 2.73 bits per heavy atom. The van der Waals surface area contributed by atoms with Gasteiger partial charge in [-0.2, -0.15) is 0 Å². The number of aromatic nitrogens is 6. The number of piperidine rings is 1. The average Bonchev–Trinajstić information content (AvgIpc) is 3.69. The summed E-state index contributed by atoms with van der Waals surface area (Å²) >= 11 is 0. The molecule has 44 heavy (non-hydrogen) atoms. The molecule has 2 saturated heterocycles. The van der Waals surface area contributed by atoms with E-state index in [0.717, 1.165) is 5.56 Å². The van der Waals surface area contributed by atoms with Gasteiger partial charge in [-0.3, -0.25) is 4.40 Å². The summed E-state index contributed by atoms with van der Waals surface area (Å²) in [7, 11) is 1.68. The van der Waals surface area contributed by atoms with Crippen molar-refractivity contribution in [2.24, 2.45) is 0 Å². The fraction of sp³-hybridized carbons (Fsp3) is 0.367. The molecular formula is C30H30F2N8O4. The van der Waals surface area contributed by atoms with Gasteiger partial charge in [-0.15, -0.1) is 10.2 Å². The van der Waals surface area contributed by atoms with Crippen molar-refractivity contribution < 1.29 is 27.7 Å². The second-order valence-electron chi connectivity index (χ2n) is 11.0. The number of alkyl halides is 2. The average molecular weight is 605 g/mol. The summed E-state index contributed by atoms with van der Waals surface area (Å²) in [5.41, 5.74) is 2.66. The maximum atomic E-state index is 15.2. The van der Waals surface area contributed by atoms with E-state index in [1.165, 1.54) is 6.33 Å². The molecule has 7 rings (SSSR count). The molecule has 2 fully saturated rings. The number of hydrogen-bond donors (Lipinski definition) is 1. The second kappa shape index (κ2) is 11.4. The largest absolute Gasteiger partial charge is 0.484 e. The van der Waals surface area contributed by atoms with Crippen LogP contribution in [0.2, 0.25) is 0 Å². The van der Waals surface area contributed by atoms with Crippen molar-refractivity contribution in [1.82, 2.24) is 34.4 Å². The number of nitrogens with zero attached hydrogens (tertiary/aromatic N) is 7. The number of nitrogens with one attached hydrogen (secondary N) is 1. The molecule has 228 valence electrons. The van der Waals surface area contributed by atoms with Gasteiger partial charge in [-0.25, -0.2) is 23.7 Å². The van der Waals surface area contributed by atoms with Crippen LogP contribution in [0, 0.1) is 6.92 Å². The van der Waals surface area contributed by atoms with Crippen LogP contribution >= 0.6 is 0 Å². The van der Waals surface area contributed by atoms with Crippen molar-refractivity contribution in [3.8, 4) is 23.1 Å². The molecule has 1 N–H and O–H groups in total. The number of halogens is 2. The fourth-order valence-corrected chi connectivity index (χ4v) is 5.43. The van der Waals surface area contributed by atoms with Crippen molar-refractivity contribution in [3.05, 3.63) is 60.9 Å². The van der Waals surface area contributed by atoms with Crippen molar-refractivity contribution >= 4 is 28.1 Å². The zero-order chi connectivity index (χ0) is 30.3. The molecule has 12 nitrogen and oxygen atoms in total. The number of anilines is 2. The Morgan fingerprint density at radius 2 is 1.91 bits per heavy atom. The SMILES string of the molecule is Cc1cc(Nc2ncnc3ccc(O[C@H]4CCOC4)c(O[C@@H]4CCN(C)CC4(F)F)c23)ccc1Oc1cc2nncn2cn1. The Balaban J connectivity index is 1.22. The molecule has 0 radical (unpaired) electrons. The monoisotopic (exact) mass is 604 g/mol. The first-order valence-corrected chi connectivity index (χ1v) is 14.3. The second-order valence-corrected chi connectivity index (χ2v) is 11.0. The first-order valence-electron chi connectivity index (χ1n) is 14.3. The molecule has 2 aromatic carbocycles. The Bertz CT molecular complexity index is 1810. The van der Waals surface area contributed by atoms with Crippen LogP contribution in [-0.2, 0) is 4.74 Å². The van der Waals surface area contributed by atoms with Crippen molar-refractivity contribution in [2.75, 3.05) is 38.7 Å². The zero-order valence-electron chi connectivity index (χ0n) is 24.1. The first kappa shape index (κ1) is 28.1. The van der Waals surface area contributed by atoms with Crippen molar-refractivity contribution in [1.29, 1.82) is 0 Å². The maximum Gasteiger partial charge on any atom is 0.296 e. The molecule has 14 heteroatoms. The molecule has 2 aliphatic heterocycles. The van der Waals surface area contributed by atoms with Crippen LogP contribution in [0.15, 0.2) is 55.4 Å². The minimum absolute atomic E-state index is 0.155. The van der Waals surface area contributed by atoms with Gasteiger partial charge in [0.2, 0.25) is 5.88 Å². The fourth-order valence-electron chi connectivity index (χ4n) is 5.43. The maximum absolute atomic E-state index is 15.2. The van der Waals surface area contributed by atoms with Crippen LogP contribution in [0.1, 0.15) is 18.4 Å². The van der Waals surface area contributed by atoms with E-state index in [2.05, 4.69) is 30.5 Å². The first-order chi connectivity index (χ1) is 21.3. The number of aryl methyl sites for hydroxylation is 1. The zero-order valence-corrected chi connectivity index (χ0v) is 24.1. The van der Waals surface area contributed by atoms with Crippen molar-refractivity contribution in [2.45, 2.75) is 37.9 Å². The lowest BCUT2D eigenvalue weighted by atomic mass is 10.0. The van der Waals surface area contributed by atoms with Gasteiger partial charge in [0.25, 0.3) is 5.92 Å². The Kier molecular flexibility index (Phi) is 7.30. The topological polar surface area (TPSA) is 121 Å². The van der Waals surface area contributed by atoms with E-state index in [4.69, 9.17) is 18.9 Å². The van der Waals surface area contributed by atoms with E-state index in [1.807, 2.05) is 25.1 Å². The van der Waals surface area contributed by atoms with Gasteiger partial charge < -0.3 is 29.2 Å². The minimum atomic E-state index is -3.06. The summed E-state index contributed by atoms with van der Waals surface area (Å²) in [6.45, 7) is 2.97. The molecule has 5 aromatic rings. The van der Waals surface area contributed by atoms with Gasteiger partial charge >= 0.3 is 0 Å². The smallest absolute Gasteiger partial charge is 0.296 e. The molecule has 3 aromatic heterocycles. The quantitative estimate of drug-likeness (QED) is 0.263. The van der Waals surface area contributed by atoms with Gasteiger partial charge in [0.15, 0.2) is 23.3 Å². The third-order valence-corrected chi connectivity index (χ3v) is 7.70. The highest BCUT2D eigenvalue weighted by atomic mass is 19.3. The summed E-state index contributed by atoms with van der Waals surface area (Å²) < 4.78 is 56.0.